The molecule has 0 aliphatic carbocycles. The van der Waals surface area contributed by atoms with Gasteiger partial charge in [-0.3, -0.25) is 9.89 Å². The molecule has 8 nitrogen and oxygen atoms in total. The zero-order chi connectivity index (χ0) is 16.9. The Hall–Kier alpha value is -2.06. The fraction of sp³-hybridized carbons (Fsp3) is 0.625. The molecule has 5 N–H and O–H groups in total. The number of pyridine rings is 1. The van der Waals surface area contributed by atoms with Crippen LogP contribution in [-0.2, 0) is 0 Å². The first kappa shape index (κ1) is 16.8. The van der Waals surface area contributed by atoms with Crippen molar-refractivity contribution in [3.05, 3.63) is 6.07 Å². The quantitative estimate of drug-likeness (QED) is 0.686. The van der Waals surface area contributed by atoms with E-state index < -0.39 is 0 Å². The number of aliphatic imine (C=N–C) groups is 1. The Morgan fingerprint density at radius 1 is 1.21 bits per heavy atom. The smallest absolute Gasteiger partial charge is 0.176 e. The van der Waals surface area contributed by atoms with Crippen molar-refractivity contribution in [1.82, 2.24) is 14.8 Å². The Balaban J connectivity index is 1.69. The summed E-state index contributed by atoms with van der Waals surface area (Å²) in [7, 11) is 2.17. The number of nitrogen functional groups attached to an aromatic ring is 2. The van der Waals surface area contributed by atoms with E-state index in [1.54, 1.807) is 12.4 Å². The molecule has 3 heterocycles. The van der Waals surface area contributed by atoms with Gasteiger partial charge in [0.05, 0.1) is 18.6 Å². The third-order valence-electron chi connectivity index (χ3n) is 4.69. The van der Waals surface area contributed by atoms with E-state index in [1.165, 1.54) is 0 Å². The largest absolute Gasteiger partial charge is 0.490 e. The molecule has 24 heavy (non-hydrogen) atoms. The van der Waals surface area contributed by atoms with Crippen LogP contribution in [0, 0.1) is 0 Å². The van der Waals surface area contributed by atoms with Crippen LogP contribution in [-0.4, -0.2) is 73.5 Å². The number of anilines is 3. The van der Waals surface area contributed by atoms with Gasteiger partial charge in [-0.25, -0.2) is 4.98 Å². The number of nitrogens with zero attached hydrogens (tertiary/aromatic N) is 4. The summed E-state index contributed by atoms with van der Waals surface area (Å²) in [5.41, 5.74) is 12.1. The van der Waals surface area contributed by atoms with E-state index in [0.29, 0.717) is 35.7 Å². The minimum Gasteiger partial charge on any atom is -0.490 e. The predicted molar refractivity (Wildman–Crippen MR) is 97.6 cm³/mol. The normalized spacial score (nSPS) is 23.6. The summed E-state index contributed by atoms with van der Waals surface area (Å²) in [4.78, 5) is 13.6. The maximum Gasteiger partial charge on any atom is 0.176 e. The number of ether oxygens (including phenoxy) is 1. The molecule has 0 amide bonds. The molecule has 1 aromatic heterocycles. The Morgan fingerprint density at radius 3 is 2.79 bits per heavy atom. The summed E-state index contributed by atoms with van der Waals surface area (Å²) < 4.78 is 5.94. The third kappa shape index (κ3) is 4.07. The van der Waals surface area contributed by atoms with Crippen LogP contribution in [0.4, 0.5) is 17.3 Å². The van der Waals surface area contributed by atoms with E-state index in [0.717, 1.165) is 45.6 Å². The number of nitrogens with two attached hydrogens (primary N) is 2. The zero-order valence-electron chi connectivity index (χ0n) is 14.2. The summed E-state index contributed by atoms with van der Waals surface area (Å²) in [5.74, 6) is 1.47. The topological polar surface area (TPSA) is 105 Å². The summed E-state index contributed by atoms with van der Waals surface area (Å²) in [6.45, 7) is 5.84. The second-order valence-electron chi connectivity index (χ2n) is 6.41. The highest BCUT2D eigenvalue weighted by Crippen LogP contribution is 2.28. The van der Waals surface area contributed by atoms with Gasteiger partial charge in [0.25, 0.3) is 0 Å². The Morgan fingerprint density at radius 2 is 2.00 bits per heavy atom. The van der Waals surface area contributed by atoms with Crippen molar-refractivity contribution in [1.29, 1.82) is 0 Å². The summed E-state index contributed by atoms with van der Waals surface area (Å²) >= 11 is 0. The van der Waals surface area contributed by atoms with Gasteiger partial charge in [0.1, 0.15) is 5.82 Å². The van der Waals surface area contributed by atoms with Crippen LogP contribution in [0.3, 0.4) is 0 Å². The molecule has 0 spiro atoms. The number of fused-ring (bicyclic) bond motifs is 1. The molecule has 2 aliphatic rings. The van der Waals surface area contributed by atoms with E-state index in [9.17, 15) is 0 Å². The van der Waals surface area contributed by atoms with Gasteiger partial charge >= 0.3 is 0 Å². The van der Waals surface area contributed by atoms with Crippen molar-refractivity contribution in [2.45, 2.75) is 18.9 Å². The SMILES string of the molecule is CN1CCN(C2CCN=CNc3nc(N)c(N)cc3OCC2)CC1. The van der Waals surface area contributed by atoms with Crippen LogP contribution in [0.5, 0.6) is 5.75 Å². The van der Waals surface area contributed by atoms with Crippen molar-refractivity contribution < 1.29 is 4.74 Å². The monoisotopic (exact) mass is 333 g/mol. The van der Waals surface area contributed by atoms with E-state index in [1.807, 2.05) is 0 Å². The molecule has 1 saturated heterocycles. The number of likely N-dealkylation sites (N-methyl/N-ethyl adjacent to an activating group) is 1. The average Bonchev–Trinajstić information content (AvgIpc) is 2.61. The fourth-order valence-electron chi connectivity index (χ4n) is 3.13. The van der Waals surface area contributed by atoms with Gasteiger partial charge in [-0.2, -0.15) is 0 Å². The van der Waals surface area contributed by atoms with Crippen LogP contribution in [0.25, 0.3) is 0 Å². The first-order chi connectivity index (χ1) is 11.6. The van der Waals surface area contributed by atoms with Crippen molar-refractivity contribution in [2.24, 2.45) is 4.99 Å². The molecule has 0 aromatic carbocycles. The zero-order valence-corrected chi connectivity index (χ0v) is 14.2. The van der Waals surface area contributed by atoms with Crippen LogP contribution in [0.1, 0.15) is 12.8 Å². The highest BCUT2D eigenvalue weighted by molar-refractivity contribution is 5.79. The Bertz CT molecular complexity index is 584. The lowest BCUT2D eigenvalue weighted by Crippen LogP contribution is -2.49. The van der Waals surface area contributed by atoms with Crippen molar-refractivity contribution >= 4 is 23.7 Å². The summed E-state index contributed by atoms with van der Waals surface area (Å²) in [6, 6.07) is 2.21. The van der Waals surface area contributed by atoms with Crippen LogP contribution < -0.4 is 21.5 Å². The molecule has 0 radical (unpaired) electrons. The van der Waals surface area contributed by atoms with Gasteiger partial charge in [0.15, 0.2) is 11.6 Å². The second-order valence-corrected chi connectivity index (χ2v) is 6.41. The lowest BCUT2D eigenvalue weighted by molar-refractivity contribution is 0.0944. The number of piperazine rings is 1. The minimum absolute atomic E-state index is 0.295. The molecular weight excluding hydrogens is 306 g/mol. The van der Waals surface area contributed by atoms with E-state index >= 15 is 0 Å². The average molecular weight is 333 g/mol. The molecular formula is C16H27N7O. The maximum atomic E-state index is 5.94. The first-order valence-corrected chi connectivity index (χ1v) is 8.49. The molecule has 3 rings (SSSR count). The Labute approximate surface area is 142 Å². The van der Waals surface area contributed by atoms with Gasteiger partial charge < -0.3 is 26.4 Å². The van der Waals surface area contributed by atoms with Gasteiger partial charge in [-0.1, -0.05) is 0 Å². The van der Waals surface area contributed by atoms with Gasteiger partial charge in [0, 0.05) is 44.8 Å². The second kappa shape index (κ2) is 7.67. The third-order valence-corrected chi connectivity index (χ3v) is 4.69. The van der Waals surface area contributed by atoms with Crippen molar-refractivity contribution in [3.8, 4) is 5.75 Å². The lowest BCUT2D eigenvalue weighted by Gasteiger charge is -2.38. The Kier molecular flexibility index (Phi) is 5.37. The fourth-order valence-corrected chi connectivity index (χ4v) is 3.13. The predicted octanol–water partition coefficient (Wildman–Crippen LogP) is 0.475. The van der Waals surface area contributed by atoms with Crippen LogP contribution >= 0.6 is 0 Å². The van der Waals surface area contributed by atoms with Crippen molar-refractivity contribution in [2.75, 3.05) is 63.2 Å². The summed E-state index contributed by atoms with van der Waals surface area (Å²) in [5, 5.41) is 3.05. The van der Waals surface area contributed by atoms with E-state index in [2.05, 4.69) is 32.1 Å². The van der Waals surface area contributed by atoms with Gasteiger partial charge in [-0.15, -0.1) is 0 Å². The number of nitrogens with one attached hydrogen (secondary N) is 1. The molecule has 0 bridgehead atoms. The molecule has 132 valence electrons. The molecule has 1 unspecified atom stereocenters. The van der Waals surface area contributed by atoms with Gasteiger partial charge in [-0.05, 0) is 19.9 Å². The lowest BCUT2D eigenvalue weighted by atomic mass is 10.1. The van der Waals surface area contributed by atoms with Crippen LogP contribution in [0.15, 0.2) is 11.1 Å². The van der Waals surface area contributed by atoms with Crippen LogP contribution in [0.2, 0.25) is 0 Å². The molecule has 1 aromatic rings. The number of hydrogen-bond donors (Lipinski definition) is 3. The van der Waals surface area contributed by atoms with E-state index in [4.69, 9.17) is 16.2 Å². The number of hydrogen-bond acceptors (Lipinski definition) is 8. The first-order valence-electron chi connectivity index (χ1n) is 8.49. The maximum absolute atomic E-state index is 5.94. The van der Waals surface area contributed by atoms with Crippen molar-refractivity contribution in [3.63, 3.8) is 0 Å². The minimum atomic E-state index is 0.295. The van der Waals surface area contributed by atoms with Gasteiger partial charge in [0.2, 0.25) is 0 Å². The molecule has 1 fully saturated rings. The highest BCUT2D eigenvalue weighted by Gasteiger charge is 2.22. The molecule has 0 saturated carbocycles. The molecule has 8 heteroatoms. The highest BCUT2D eigenvalue weighted by atomic mass is 16.5. The number of aromatic nitrogens is 1. The number of rotatable bonds is 1. The summed E-state index contributed by atoms with van der Waals surface area (Å²) in [6.07, 6.45) is 3.65. The molecule has 1 atom stereocenters. The molecule has 2 aliphatic heterocycles. The standard InChI is InChI=1S/C16H27N7O/c1-22-5-7-23(8-6-22)12-2-4-19-11-20-16-14(24-9-3-12)10-13(17)15(18)21-16/h10-12H,2-9,17H2,1H3,(H3,18,19,20,21). The van der Waals surface area contributed by atoms with E-state index in [-0.39, 0.29) is 0 Å².